The molecule has 3 aliphatic rings. The minimum atomic E-state index is -0.290. The molecule has 41 heavy (non-hydrogen) atoms. The molecule has 3 heterocycles. The summed E-state index contributed by atoms with van der Waals surface area (Å²) in [7, 11) is 0. The normalized spacial score (nSPS) is 19.4. The van der Waals surface area contributed by atoms with Gasteiger partial charge in [0.2, 0.25) is 0 Å². The Morgan fingerprint density at radius 2 is 1.73 bits per heavy atom. The van der Waals surface area contributed by atoms with Crippen LogP contribution in [0, 0.1) is 24.1 Å². The lowest BCUT2D eigenvalue weighted by Crippen LogP contribution is -2.48. The van der Waals surface area contributed by atoms with E-state index in [1.165, 1.54) is 30.3 Å². The van der Waals surface area contributed by atoms with Gasteiger partial charge in [0.05, 0.1) is 4.91 Å². The van der Waals surface area contributed by atoms with Crippen molar-refractivity contribution in [3.05, 3.63) is 62.0 Å². The van der Waals surface area contributed by atoms with Crippen molar-refractivity contribution in [1.82, 2.24) is 9.47 Å². The molecule has 5 rings (SSSR count). The molecule has 0 atom stereocenters. The van der Waals surface area contributed by atoms with Gasteiger partial charge in [-0.2, -0.15) is 5.26 Å². The summed E-state index contributed by atoms with van der Waals surface area (Å²) in [6.45, 7) is 7.02. The lowest BCUT2D eigenvalue weighted by atomic mass is 9.94. The Morgan fingerprint density at radius 1 is 1.07 bits per heavy atom. The molecule has 2 aromatic rings. The summed E-state index contributed by atoms with van der Waals surface area (Å²) in [5, 5.41) is 9.99. The number of carbonyl (C=O) groups is 1. The maximum atomic E-state index is 13.7. The van der Waals surface area contributed by atoms with E-state index in [0.29, 0.717) is 47.5 Å². The summed E-state index contributed by atoms with van der Waals surface area (Å²) < 4.78 is 15.8. The molecule has 216 valence electrons. The predicted octanol–water partition coefficient (Wildman–Crippen LogP) is 5.83. The van der Waals surface area contributed by atoms with Crippen LogP contribution in [0.4, 0.5) is 15.9 Å². The lowest BCUT2D eigenvalue weighted by Gasteiger charge is -2.39. The van der Waals surface area contributed by atoms with Crippen LogP contribution < -0.4 is 15.4 Å². The second-order valence-electron chi connectivity index (χ2n) is 11.0. The van der Waals surface area contributed by atoms with Gasteiger partial charge < -0.3 is 9.80 Å². The Bertz CT molecular complexity index is 1450. The Balaban J connectivity index is 1.54. The van der Waals surface area contributed by atoms with Crippen LogP contribution in [0.25, 0.3) is 6.08 Å². The maximum Gasteiger partial charge on any atom is 0.270 e. The number of thioether (sulfide) groups is 1. The molecule has 1 aliphatic carbocycles. The van der Waals surface area contributed by atoms with Gasteiger partial charge in [-0.05, 0) is 62.1 Å². The number of anilines is 2. The third kappa shape index (κ3) is 5.93. The van der Waals surface area contributed by atoms with Gasteiger partial charge in [0.15, 0.2) is 0 Å². The standard InChI is InChI=1S/C31H36FN5O2S2/c1-3-4-14-36-28(35-17-15-34(16-18-35)23-12-10-22(32)11-13-23)25(21(2)26(20-33)29(36)38)19-27-30(39)37(31(40)41-27)24-8-6-5-7-9-24/h10-13,19,24H,3-9,14-18H2,1-2H3/b27-19+. The Hall–Kier alpha value is -3.16. The first-order valence-corrected chi connectivity index (χ1v) is 15.8. The number of nitrogens with zero attached hydrogens (tertiary/aromatic N) is 5. The topological polar surface area (TPSA) is 72.6 Å². The van der Waals surface area contributed by atoms with Crippen molar-refractivity contribution >= 4 is 51.8 Å². The molecule has 1 saturated carbocycles. The van der Waals surface area contributed by atoms with Crippen LogP contribution in [0.5, 0.6) is 0 Å². The second kappa shape index (κ2) is 12.8. The summed E-state index contributed by atoms with van der Waals surface area (Å²) in [5.74, 6) is 0.406. The van der Waals surface area contributed by atoms with E-state index in [1.54, 1.807) is 28.5 Å². The zero-order valence-corrected chi connectivity index (χ0v) is 25.3. The van der Waals surface area contributed by atoms with Gasteiger partial charge in [0, 0.05) is 50.0 Å². The molecule has 1 aromatic heterocycles. The van der Waals surface area contributed by atoms with E-state index in [0.717, 1.165) is 55.6 Å². The smallest absolute Gasteiger partial charge is 0.270 e. The molecule has 10 heteroatoms. The van der Waals surface area contributed by atoms with E-state index in [2.05, 4.69) is 22.8 Å². The second-order valence-corrected chi connectivity index (χ2v) is 12.6. The zero-order valence-electron chi connectivity index (χ0n) is 23.7. The fraction of sp³-hybridized carbons (Fsp3) is 0.484. The third-order valence-corrected chi connectivity index (χ3v) is 9.72. The van der Waals surface area contributed by atoms with Gasteiger partial charge in [-0.15, -0.1) is 0 Å². The maximum absolute atomic E-state index is 13.7. The van der Waals surface area contributed by atoms with Crippen LogP contribution in [-0.2, 0) is 11.3 Å². The number of hydrogen-bond acceptors (Lipinski definition) is 7. The summed E-state index contributed by atoms with van der Waals surface area (Å²) in [4.78, 5) is 34.0. The fourth-order valence-corrected chi connectivity index (χ4v) is 7.48. The summed E-state index contributed by atoms with van der Waals surface area (Å²) >= 11 is 7.00. The van der Waals surface area contributed by atoms with Crippen LogP contribution in [0.2, 0.25) is 0 Å². The molecule has 3 fully saturated rings. The van der Waals surface area contributed by atoms with Gasteiger partial charge in [-0.25, -0.2) is 4.39 Å². The van der Waals surface area contributed by atoms with Crippen molar-refractivity contribution in [2.45, 2.75) is 71.4 Å². The highest BCUT2D eigenvalue weighted by Crippen LogP contribution is 2.39. The molecule has 0 radical (unpaired) electrons. The molecule has 2 aliphatic heterocycles. The van der Waals surface area contributed by atoms with Crippen molar-refractivity contribution in [3.8, 4) is 6.07 Å². The van der Waals surface area contributed by atoms with Crippen LogP contribution in [0.3, 0.4) is 0 Å². The first kappa shape index (κ1) is 29.3. The quantitative estimate of drug-likeness (QED) is 0.296. The largest absolute Gasteiger partial charge is 0.368 e. The van der Waals surface area contributed by atoms with Gasteiger partial charge in [0.25, 0.3) is 11.5 Å². The number of halogens is 1. The molecule has 0 bridgehead atoms. The van der Waals surface area contributed by atoms with Crippen molar-refractivity contribution in [1.29, 1.82) is 5.26 Å². The number of piperazine rings is 1. The first-order chi connectivity index (χ1) is 19.8. The van der Waals surface area contributed by atoms with E-state index in [9.17, 15) is 19.2 Å². The highest BCUT2D eigenvalue weighted by atomic mass is 32.2. The molecule has 7 nitrogen and oxygen atoms in total. The summed E-state index contributed by atoms with van der Waals surface area (Å²) in [6, 6.07) is 8.78. The molecular weight excluding hydrogens is 558 g/mol. The molecular formula is C31H36FN5O2S2. The summed E-state index contributed by atoms with van der Waals surface area (Å²) in [5.41, 5.74) is 2.10. The van der Waals surface area contributed by atoms with Gasteiger partial charge >= 0.3 is 0 Å². The Labute approximate surface area is 250 Å². The molecule has 0 spiro atoms. The average molecular weight is 594 g/mol. The highest BCUT2D eigenvalue weighted by Gasteiger charge is 2.38. The first-order valence-electron chi connectivity index (χ1n) is 14.5. The zero-order chi connectivity index (χ0) is 29.1. The van der Waals surface area contributed by atoms with Crippen LogP contribution >= 0.6 is 24.0 Å². The molecule has 1 amide bonds. The van der Waals surface area contributed by atoms with Gasteiger partial charge in [-0.1, -0.05) is 56.6 Å². The van der Waals surface area contributed by atoms with E-state index < -0.39 is 0 Å². The number of hydrogen-bond donors (Lipinski definition) is 0. The number of rotatable bonds is 7. The van der Waals surface area contributed by atoms with Crippen LogP contribution in [-0.4, -0.2) is 51.9 Å². The highest BCUT2D eigenvalue weighted by molar-refractivity contribution is 8.26. The van der Waals surface area contributed by atoms with E-state index in [4.69, 9.17) is 12.2 Å². The van der Waals surface area contributed by atoms with Gasteiger partial charge in [-0.3, -0.25) is 19.1 Å². The van der Waals surface area contributed by atoms with E-state index in [1.807, 2.05) is 6.08 Å². The minimum absolute atomic E-state index is 0.0804. The third-order valence-electron chi connectivity index (χ3n) is 8.39. The number of pyridine rings is 1. The van der Waals surface area contributed by atoms with Crippen LogP contribution in [0.15, 0.2) is 34.0 Å². The number of thiocarbonyl (C=S) groups is 1. The van der Waals surface area contributed by atoms with Crippen molar-refractivity contribution in [2.75, 3.05) is 36.0 Å². The van der Waals surface area contributed by atoms with Crippen molar-refractivity contribution < 1.29 is 9.18 Å². The number of nitriles is 1. The van der Waals surface area contributed by atoms with Crippen LogP contribution in [0.1, 0.15) is 68.6 Å². The minimum Gasteiger partial charge on any atom is -0.368 e. The molecule has 1 aromatic carbocycles. The fourth-order valence-electron chi connectivity index (χ4n) is 6.10. The number of amides is 1. The summed E-state index contributed by atoms with van der Waals surface area (Å²) in [6.07, 6.45) is 8.86. The molecule has 2 saturated heterocycles. The number of aromatic nitrogens is 1. The van der Waals surface area contributed by atoms with Crippen molar-refractivity contribution in [3.63, 3.8) is 0 Å². The van der Waals surface area contributed by atoms with E-state index >= 15 is 0 Å². The number of unbranched alkanes of at least 4 members (excludes halogenated alkanes) is 1. The number of benzene rings is 1. The van der Waals surface area contributed by atoms with Gasteiger partial charge in [0.1, 0.15) is 27.6 Å². The number of carbonyl (C=O) groups excluding carboxylic acids is 1. The average Bonchev–Trinajstić information content (AvgIpc) is 3.27. The lowest BCUT2D eigenvalue weighted by molar-refractivity contribution is -0.124. The molecule has 0 N–H and O–H groups in total. The predicted molar refractivity (Wildman–Crippen MR) is 168 cm³/mol. The Kier molecular flexibility index (Phi) is 9.15. The molecule has 0 unspecified atom stereocenters. The monoisotopic (exact) mass is 593 g/mol. The Morgan fingerprint density at radius 3 is 2.37 bits per heavy atom. The van der Waals surface area contributed by atoms with E-state index in [-0.39, 0.29) is 28.9 Å². The SMILES string of the molecule is CCCCn1c(N2CCN(c3ccc(F)cc3)CC2)c(/C=C2/SC(=S)N(C3CCCCC3)C2=O)c(C)c(C#N)c1=O. The van der Waals surface area contributed by atoms with Crippen molar-refractivity contribution in [2.24, 2.45) is 0 Å².